The van der Waals surface area contributed by atoms with Crippen molar-refractivity contribution < 1.29 is 0 Å². The Morgan fingerprint density at radius 2 is 1.02 bits per heavy atom. The van der Waals surface area contributed by atoms with E-state index in [-0.39, 0.29) is 15.8 Å². The third-order valence-electron chi connectivity index (χ3n) is 11.4. The standard InChI is InChI=1S/C38H59NP2/c1-39(2)38(35-27-17-29-37(35)41(32-22-11-5-12-23-32)33-24-13-6-14-25-33)34-26-15-16-28-36(34)40(30-18-7-3-8-19-30)31-20-9-4-10-21-31/h15-17,26-28,30-33,38H,3-14,18-25,29H2,1-2H3/t38-/m1/s1. The van der Waals surface area contributed by atoms with E-state index in [0.717, 1.165) is 22.6 Å². The highest BCUT2D eigenvalue weighted by molar-refractivity contribution is 7.67. The zero-order valence-electron chi connectivity index (χ0n) is 26.5. The van der Waals surface area contributed by atoms with Gasteiger partial charge in [-0.1, -0.05) is 129 Å². The number of nitrogens with zero attached hydrogens (tertiary/aromatic N) is 1. The molecule has 3 heteroatoms. The van der Waals surface area contributed by atoms with Gasteiger partial charge in [-0.25, -0.2) is 0 Å². The smallest absolute Gasteiger partial charge is 0.0606 e. The molecule has 0 amide bonds. The van der Waals surface area contributed by atoms with Gasteiger partial charge >= 0.3 is 0 Å². The summed E-state index contributed by atoms with van der Waals surface area (Å²) in [7, 11) is 4.64. The summed E-state index contributed by atoms with van der Waals surface area (Å²) >= 11 is 0. The molecule has 226 valence electrons. The van der Waals surface area contributed by atoms with Crippen LogP contribution in [0.3, 0.4) is 0 Å². The Balaban J connectivity index is 1.41. The lowest BCUT2D eigenvalue weighted by Crippen LogP contribution is -2.32. The van der Waals surface area contributed by atoms with Crippen LogP contribution < -0.4 is 5.30 Å². The van der Waals surface area contributed by atoms with Crippen LogP contribution in [0.5, 0.6) is 0 Å². The largest absolute Gasteiger partial charge is 0.299 e. The quantitative estimate of drug-likeness (QED) is 0.258. The number of allylic oxidation sites excluding steroid dienone is 2. The van der Waals surface area contributed by atoms with Crippen molar-refractivity contribution >= 4 is 21.1 Å². The van der Waals surface area contributed by atoms with Crippen molar-refractivity contribution in [2.45, 2.75) is 164 Å². The Bertz CT molecular complexity index is 982. The Labute approximate surface area is 255 Å². The van der Waals surface area contributed by atoms with Crippen LogP contribution in [0.15, 0.2) is 47.3 Å². The molecule has 0 aromatic heterocycles. The number of benzene rings is 1. The third-order valence-corrected chi connectivity index (χ3v) is 18.7. The molecule has 0 heterocycles. The first-order valence-electron chi connectivity index (χ1n) is 17.9. The first-order valence-corrected chi connectivity index (χ1v) is 20.9. The van der Waals surface area contributed by atoms with Crippen LogP contribution in [0.2, 0.25) is 0 Å². The summed E-state index contributed by atoms with van der Waals surface area (Å²) in [5.74, 6) is 0. The molecule has 1 aromatic carbocycles. The van der Waals surface area contributed by atoms with Gasteiger partial charge in [0.05, 0.1) is 6.04 Å². The van der Waals surface area contributed by atoms with Crippen molar-refractivity contribution in [2.75, 3.05) is 14.1 Å². The average Bonchev–Trinajstić information content (AvgIpc) is 3.49. The molecule has 4 saturated carbocycles. The van der Waals surface area contributed by atoms with Crippen molar-refractivity contribution in [2.24, 2.45) is 0 Å². The van der Waals surface area contributed by atoms with E-state index in [4.69, 9.17) is 0 Å². The Hall–Kier alpha value is -0.480. The van der Waals surface area contributed by atoms with Crippen LogP contribution in [0.1, 0.15) is 146 Å². The van der Waals surface area contributed by atoms with Crippen LogP contribution >= 0.6 is 15.8 Å². The van der Waals surface area contributed by atoms with Gasteiger partial charge in [0.15, 0.2) is 0 Å². The summed E-state index contributed by atoms with van der Waals surface area (Å²) in [5, 5.41) is 3.75. The monoisotopic (exact) mass is 591 g/mol. The van der Waals surface area contributed by atoms with E-state index in [9.17, 15) is 0 Å². The van der Waals surface area contributed by atoms with E-state index in [1.807, 2.05) is 10.6 Å². The minimum absolute atomic E-state index is 0.0385. The summed E-state index contributed by atoms with van der Waals surface area (Å²) in [6.45, 7) is 0. The van der Waals surface area contributed by atoms with E-state index in [1.54, 1.807) is 11.1 Å². The van der Waals surface area contributed by atoms with Crippen LogP contribution in [-0.2, 0) is 0 Å². The minimum atomic E-state index is -0.106. The number of rotatable bonds is 9. The molecular formula is C38H59NP2. The molecule has 0 unspecified atom stereocenters. The zero-order valence-corrected chi connectivity index (χ0v) is 28.3. The van der Waals surface area contributed by atoms with Gasteiger partial charge in [-0.15, -0.1) is 0 Å². The lowest BCUT2D eigenvalue weighted by Gasteiger charge is -2.42. The molecule has 0 spiro atoms. The average molecular weight is 592 g/mol. The SMILES string of the molecule is CN(C)[C@@H](C1=C(P(C2CCCCC2)C2CCCCC2)CC=C1)c1ccccc1P(C1CCCCC1)C1CCCCC1. The van der Waals surface area contributed by atoms with Crippen molar-refractivity contribution in [1.82, 2.24) is 4.90 Å². The lowest BCUT2D eigenvalue weighted by atomic mass is 9.98. The highest BCUT2D eigenvalue weighted by Gasteiger charge is 2.39. The fourth-order valence-electron chi connectivity index (χ4n) is 9.56. The number of likely N-dealkylation sites (N-methyl/N-ethyl adjacent to an activating group) is 1. The molecule has 0 aliphatic heterocycles. The van der Waals surface area contributed by atoms with Crippen LogP contribution in [0, 0.1) is 0 Å². The highest BCUT2D eigenvalue weighted by Crippen LogP contribution is 2.65. The summed E-state index contributed by atoms with van der Waals surface area (Å²) in [5.41, 5.74) is 7.34. The molecule has 5 aliphatic carbocycles. The normalized spacial score (nSPS) is 25.2. The van der Waals surface area contributed by atoms with Crippen LogP contribution in [-0.4, -0.2) is 41.6 Å². The van der Waals surface area contributed by atoms with Crippen molar-refractivity contribution in [3.05, 3.63) is 52.9 Å². The molecule has 4 fully saturated rings. The van der Waals surface area contributed by atoms with Gasteiger partial charge < -0.3 is 0 Å². The van der Waals surface area contributed by atoms with Gasteiger partial charge in [0.1, 0.15) is 0 Å². The van der Waals surface area contributed by atoms with E-state index >= 15 is 0 Å². The van der Waals surface area contributed by atoms with Crippen LogP contribution in [0.4, 0.5) is 0 Å². The molecule has 0 radical (unpaired) electrons. The van der Waals surface area contributed by atoms with E-state index in [1.165, 1.54) is 135 Å². The zero-order chi connectivity index (χ0) is 28.0. The molecule has 41 heavy (non-hydrogen) atoms. The maximum absolute atomic E-state index is 2.63. The van der Waals surface area contributed by atoms with Gasteiger partial charge in [-0.05, 0) is 116 Å². The molecule has 1 nitrogen and oxygen atoms in total. The Kier molecular flexibility index (Phi) is 11.2. The summed E-state index contributed by atoms with van der Waals surface area (Å²) in [6, 6.07) is 10.4. The summed E-state index contributed by atoms with van der Waals surface area (Å²) < 4.78 is 0. The third kappa shape index (κ3) is 7.10. The highest BCUT2D eigenvalue weighted by atomic mass is 31.1. The number of hydrogen-bond donors (Lipinski definition) is 0. The lowest BCUT2D eigenvalue weighted by molar-refractivity contribution is 0.342. The van der Waals surface area contributed by atoms with Crippen LogP contribution in [0.25, 0.3) is 0 Å². The molecule has 6 rings (SSSR count). The summed E-state index contributed by atoms with van der Waals surface area (Å²) in [6.07, 6.45) is 36.2. The predicted octanol–water partition coefficient (Wildman–Crippen LogP) is 11.4. The Morgan fingerprint density at radius 1 is 0.585 bits per heavy atom. The Morgan fingerprint density at radius 3 is 1.49 bits per heavy atom. The molecular weight excluding hydrogens is 532 g/mol. The fraction of sp³-hybridized carbons (Fsp3) is 0.737. The van der Waals surface area contributed by atoms with Crippen molar-refractivity contribution in [3.8, 4) is 0 Å². The summed E-state index contributed by atoms with van der Waals surface area (Å²) in [4.78, 5) is 2.62. The fourth-order valence-corrected chi connectivity index (χ4v) is 17.7. The second-order valence-electron chi connectivity index (χ2n) is 14.4. The minimum Gasteiger partial charge on any atom is -0.299 e. The molecule has 0 bridgehead atoms. The van der Waals surface area contributed by atoms with E-state index < -0.39 is 0 Å². The first kappa shape index (κ1) is 30.5. The van der Waals surface area contributed by atoms with Crippen molar-refractivity contribution in [3.63, 3.8) is 0 Å². The second kappa shape index (κ2) is 15.0. The van der Waals surface area contributed by atoms with Gasteiger partial charge in [0.25, 0.3) is 0 Å². The van der Waals surface area contributed by atoms with Gasteiger partial charge in [-0.3, -0.25) is 4.90 Å². The maximum atomic E-state index is 2.63. The van der Waals surface area contributed by atoms with Gasteiger partial charge in [0, 0.05) is 0 Å². The van der Waals surface area contributed by atoms with Crippen molar-refractivity contribution in [1.29, 1.82) is 0 Å². The number of hydrogen-bond acceptors (Lipinski definition) is 1. The first-order chi connectivity index (χ1) is 20.2. The predicted molar refractivity (Wildman–Crippen MR) is 185 cm³/mol. The van der Waals surface area contributed by atoms with Gasteiger partial charge in [-0.2, -0.15) is 0 Å². The molecule has 0 saturated heterocycles. The molecule has 1 atom stereocenters. The molecule has 1 aromatic rings. The van der Waals surface area contributed by atoms with Gasteiger partial charge in [0.2, 0.25) is 0 Å². The second-order valence-corrected chi connectivity index (χ2v) is 20.0. The molecule has 5 aliphatic rings. The van der Waals surface area contributed by atoms with E-state index in [0.29, 0.717) is 6.04 Å². The maximum Gasteiger partial charge on any atom is 0.0606 e. The topological polar surface area (TPSA) is 3.24 Å². The molecule has 0 N–H and O–H groups in total. The van der Waals surface area contributed by atoms with E-state index in [2.05, 4.69) is 55.4 Å².